The summed E-state index contributed by atoms with van der Waals surface area (Å²) in [7, 11) is 2.71. The highest BCUT2D eigenvalue weighted by molar-refractivity contribution is 6.13. The minimum Gasteiger partial charge on any atom is -0.493 e. The van der Waals surface area contributed by atoms with Crippen molar-refractivity contribution in [3.05, 3.63) is 58.7 Å². The number of ether oxygens (including phenoxy) is 3. The minimum absolute atomic E-state index is 0.0299. The van der Waals surface area contributed by atoms with Gasteiger partial charge in [0.05, 0.1) is 14.2 Å². The average molecular weight is 360 g/mol. The lowest BCUT2D eigenvalue weighted by Gasteiger charge is -2.18. The molecule has 0 heterocycles. The first-order valence-electron chi connectivity index (χ1n) is 8.07. The number of halogens is 2. The molecule has 0 saturated heterocycles. The topological polar surface area (TPSA) is 44.8 Å². The van der Waals surface area contributed by atoms with E-state index in [9.17, 15) is 13.6 Å². The molecule has 0 saturated carbocycles. The number of hydrogen-bond acceptors (Lipinski definition) is 4. The number of benzene rings is 2. The third-order valence-electron chi connectivity index (χ3n) is 4.25. The molecule has 0 unspecified atom stereocenters. The van der Waals surface area contributed by atoms with Crippen molar-refractivity contribution in [2.45, 2.75) is 19.5 Å². The summed E-state index contributed by atoms with van der Waals surface area (Å²) in [5.41, 5.74) is 2.99. The number of rotatable bonds is 5. The summed E-state index contributed by atoms with van der Waals surface area (Å²) in [4.78, 5) is 12.7. The van der Waals surface area contributed by atoms with Crippen LogP contribution in [0.2, 0.25) is 0 Å². The first-order valence-corrected chi connectivity index (χ1v) is 8.07. The Kier molecular flexibility index (Phi) is 5.21. The van der Waals surface area contributed by atoms with Crippen molar-refractivity contribution < 1.29 is 27.8 Å². The fourth-order valence-corrected chi connectivity index (χ4v) is 3.04. The number of hydrogen-bond donors (Lipinski definition) is 0. The lowest BCUT2D eigenvalue weighted by atomic mass is 9.86. The number of carbonyl (C=O) groups is 1. The maximum Gasteiger partial charge on any atom is 0.387 e. The van der Waals surface area contributed by atoms with E-state index in [1.54, 1.807) is 18.2 Å². The molecule has 0 aromatic heterocycles. The fraction of sp³-hybridized carbons (Fsp3) is 0.250. The molecule has 0 radical (unpaired) electrons. The minimum atomic E-state index is -3.00. The van der Waals surface area contributed by atoms with E-state index in [-0.39, 0.29) is 23.0 Å². The second-order valence-electron chi connectivity index (χ2n) is 5.79. The molecule has 0 bridgehead atoms. The van der Waals surface area contributed by atoms with Crippen LogP contribution in [0, 0.1) is 0 Å². The molecule has 0 atom stereocenters. The fourth-order valence-electron chi connectivity index (χ4n) is 3.04. The van der Waals surface area contributed by atoms with Crippen molar-refractivity contribution in [2.75, 3.05) is 14.2 Å². The molecule has 6 heteroatoms. The van der Waals surface area contributed by atoms with Crippen LogP contribution in [0.4, 0.5) is 8.78 Å². The Hall–Kier alpha value is -2.89. The van der Waals surface area contributed by atoms with Gasteiger partial charge in [0.1, 0.15) is 0 Å². The third-order valence-corrected chi connectivity index (χ3v) is 4.25. The van der Waals surface area contributed by atoms with Gasteiger partial charge in [-0.1, -0.05) is 24.3 Å². The Labute approximate surface area is 150 Å². The number of carbonyl (C=O) groups excluding carboxylic acids is 1. The lowest BCUT2D eigenvalue weighted by Crippen LogP contribution is -2.13. The number of methoxy groups -OCH3 is 2. The molecule has 0 spiro atoms. The van der Waals surface area contributed by atoms with Gasteiger partial charge >= 0.3 is 6.61 Å². The van der Waals surface area contributed by atoms with Crippen molar-refractivity contribution in [2.24, 2.45) is 0 Å². The van der Waals surface area contributed by atoms with E-state index in [0.29, 0.717) is 23.1 Å². The molecule has 0 amide bonds. The predicted octanol–water partition coefficient (Wildman–Crippen LogP) is 4.52. The highest BCUT2D eigenvalue weighted by Gasteiger charge is 2.22. The summed E-state index contributed by atoms with van der Waals surface area (Å²) in [6.45, 7) is -3.00. The Morgan fingerprint density at radius 3 is 2.31 bits per heavy atom. The van der Waals surface area contributed by atoms with Crippen LogP contribution in [0.25, 0.3) is 6.08 Å². The molecule has 0 N–H and O–H groups in total. The van der Waals surface area contributed by atoms with Gasteiger partial charge in [0.15, 0.2) is 17.3 Å². The van der Waals surface area contributed by atoms with Gasteiger partial charge in [0.2, 0.25) is 5.75 Å². The van der Waals surface area contributed by atoms with Crippen LogP contribution in [0.1, 0.15) is 27.9 Å². The summed E-state index contributed by atoms with van der Waals surface area (Å²) >= 11 is 0. The Morgan fingerprint density at radius 1 is 1.04 bits per heavy atom. The van der Waals surface area contributed by atoms with E-state index < -0.39 is 6.61 Å². The van der Waals surface area contributed by atoms with Crippen LogP contribution in [-0.4, -0.2) is 26.6 Å². The Bertz CT molecular complexity index is 834. The molecule has 0 aliphatic heterocycles. The maximum absolute atomic E-state index is 12.7. The number of Topliss-reactive ketones (excluding diaryl/α,β-unsaturated/α-hetero) is 1. The number of ketones is 1. The molecular weight excluding hydrogens is 342 g/mol. The van der Waals surface area contributed by atoms with Crippen molar-refractivity contribution in [1.82, 2.24) is 0 Å². The summed E-state index contributed by atoms with van der Waals surface area (Å²) in [5.74, 6) is 0.0190. The van der Waals surface area contributed by atoms with Gasteiger partial charge < -0.3 is 14.2 Å². The number of alkyl halides is 2. The van der Waals surface area contributed by atoms with Crippen molar-refractivity contribution in [1.29, 1.82) is 0 Å². The van der Waals surface area contributed by atoms with E-state index in [4.69, 9.17) is 9.47 Å². The molecule has 26 heavy (non-hydrogen) atoms. The van der Waals surface area contributed by atoms with Crippen molar-refractivity contribution in [3.63, 3.8) is 0 Å². The molecule has 0 fully saturated rings. The van der Waals surface area contributed by atoms with Crippen LogP contribution in [-0.2, 0) is 6.42 Å². The molecule has 136 valence electrons. The van der Waals surface area contributed by atoms with Gasteiger partial charge in [0, 0.05) is 11.1 Å². The van der Waals surface area contributed by atoms with Gasteiger partial charge in [-0.3, -0.25) is 4.79 Å². The van der Waals surface area contributed by atoms with Crippen LogP contribution < -0.4 is 14.2 Å². The van der Waals surface area contributed by atoms with Gasteiger partial charge in [-0.15, -0.1) is 0 Å². The Morgan fingerprint density at radius 2 is 1.69 bits per heavy atom. The predicted molar refractivity (Wildman–Crippen MR) is 93.2 cm³/mol. The smallest absolute Gasteiger partial charge is 0.387 e. The normalized spacial score (nSPS) is 15.1. The zero-order valence-electron chi connectivity index (χ0n) is 14.4. The van der Waals surface area contributed by atoms with Gasteiger partial charge in [-0.2, -0.15) is 8.78 Å². The summed E-state index contributed by atoms with van der Waals surface area (Å²) in [6.07, 6.45) is 3.11. The second-order valence-corrected chi connectivity index (χ2v) is 5.79. The summed E-state index contributed by atoms with van der Waals surface area (Å²) in [6, 6.07) is 10.6. The number of allylic oxidation sites excluding steroid dienone is 1. The van der Waals surface area contributed by atoms with Crippen LogP contribution in [0.15, 0.2) is 42.0 Å². The summed E-state index contributed by atoms with van der Waals surface area (Å²) < 4.78 is 40.1. The second kappa shape index (κ2) is 7.56. The molecule has 2 aromatic rings. The van der Waals surface area contributed by atoms with E-state index in [2.05, 4.69) is 4.74 Å². The van der Waals surface area contributed by atoms with Crippen LogP contribution >= 0.6 is 0 Å². The van der Waals surface area contributed by atoms with Gasteiger partial charge in [-0.05, 0) is 42.2 Å². The molecule has 2 aromatic carbocycles. The highest BCUT2D eigenvalue weighted by atomic mass is 19.3. The van der Waals surface area contributed by atoms with E-state index >= 15 is 0 Å². The Balaban J connectivity index is 2.00. The lowest BCUT2D eigenvalue weighted by molar-refractivity contribution is -0.0526. The highest BCUT2D eigenvalue weighted by Crippen LogP contribution is 2.40. The maximum atomic E-state index is 12.7. The van der Waals surface area contributed by atoms with Gasteiger partial charge in [-0.25, -0.2) is 0 Å². The van der Waals surface area contributed by atoms with Gasteiger partial charge in [0.25, 0.3) is 0 Å². The van der Waals surface area contributed by atoms with Crippen molar-refractivity contribution >= 4 is 11.9 Å². The van der Waals surface area contributed by atoms with E-state index in [0.717, 1.165) is 12.0 Å². The van der Waals surface area contributed by atoms with Crippen LogP contribution in [0.5, 0.6) is 17.2 Å². The quantitative estimate of drug-likeness (QED) is 0.736. The van der Waals surface area contributed by atoms with Crippen molar-refractivity contribution in [3.8, 4) is 17.2 Å². The first-order chi connectivity index (χ1) is 12.5. The number of aryl methyl sites for hydroxylation is 1. The standard InChI is InChI=1S/C20H18F2O4/c1-24-16-10-12(11-17(25-2)19(16)26-20(21)22)9-14-8-7-13-5-3-4-6-15(13)18(14)23/h3-6,9-11,20H,7-8H2,1-2H3/b14-9+. The monoisotopic (exact) mass is 360 g/mol. The molecule has 1 aliphatic rings. The van der Waals surface area contributed by atoms with Crippen LogP contribution in [0.3, 0.4) is 0 Å². The molecule has 4 nitrogen and oxygen atoms in total. The summed E-state index contributed by atoms with van der Waals surface area (Å²) in [5, 5.41) is 0. The largest absolute Gasteiger partial charge is 0.493 e. The zero-order chi connectivity index (χ0) is 18.7. The molecular formula is C20H18F2O4. The molecule has 1 aliphatic carbocycles. The van der Waals surface area contributed by atoms with E-state index in [1.807, 2.05) is 24.3 Å². The number of fused-ring (bicyclic) bond motifs is 1. The average Bonchev–Trinajstić information content (AvgIpc) is 2.64. The van der Waals surface area contributed by atoms with E-state index in [1.165, 1.54) is 14.2 Å². The zero-order valence-corrected chi connectivity index (χ0v) is 14.4. The third kappa shape index (κ3) is 3.54. The SMILES string of the molecule is COc1cc(/C=C2\CCc3ccccc3C2=O)cc(OC)c1OC(F)F. The first kappa shape index (κ1) is 17.9. The molecule has 3 rings (SSSR count).